The third-order valence-electron chi connectivity index (χ3n) is 12.8. The lowest BCUT2D eigenvalue weighted by molar-refractivity contribution is 0.173. The minimum Gasteiger partial charge on any atom is -0.485 e. The molecule has 5 aliphatic rings. The quantitative estimate of drug-likeness (QED) is 0.175. The van der Waals surface area contributed by atoms with E-state index in [4.69, 9.17) is 4.74 Å². The van der Waals surface area contributed by atoms with Gasteiger partial charge >= 0.3 is 0 Å². The zero-order valence-electron chi connectivity index (χ0n) is 31.4. The number of benzene rings is 6. The van der Waals surface area contributed by atoms with Crippen molar-refractivity contribution in [3.63, 3.8) is 0 Å². The van der Waals surface area contributed by atoms with Gasteiger partial charge in [-0.05, 0) is 112 Å². The molecule has 7 aromatic rings. The summed E-state index contributed by atoms with van der Waals surface area (Å²) in [6.07, 6.45) is 23.7. The van der Waals surface area contributed by atoms with Crippen LogP contribution in [0.1, 0.15) is 29.4 Å². The average molecular weight is 733 g/mol. The van der Waals surface area contributed by atoms with Crippen molar-refractivity contribution in [2.45, 2.75) is 30.4 Å². The van der Waals surface area contributed by atoms with Crippen LogP contribution in [-0.4, -0.2) is 16.7 Å². The van der Waals surface area contributed by atoms with Crippen molar-refractivity contribution in [1.82, 2.24) is 4.57 Å². The zero-order valence-corrected chi connectivity index (χ0v) is 31.4. The molecule has 3 heterocycles. The van der Waals surface area contributed by atoms with Crippen molar-refractivity contribution < 1.29 is 4.74 Å². The van der Waals surface area contributed by atoms with Gasteiger partial charge in [0.15, 0.2) is 0 Å². The molecule has 0 N–H and O–H groups in total. The largest absolute Gasteiger partial charge is 0.485 e. The molecule has 0 amide bonds. The van der Waals surface area contributed by atoms with E-state index in [1.165, 1.54) is 77.8 Å². The Morgan fingerprint density at radius 1 is 0.509 bits per heavy atom. The first-order valence-corrected chi connectivity index (χ1v) is 20.3. The minimum absolute atomic E-state index is 0.136. The molecule has 272 valence electrons. The van der Waals surface area contributed by atoms with Crippen molar-refractivity contribution in [2.75, 3.05) is 4.90 Å². The molecule has 1 aromatic heterocycles. The number of hydrogen-bond donors (Lipinski definition) is 0. The highest BCUT2D eigenvalue weighted by molar-refractivity contribution is 6.11. The second kappa shape index (κ2) is 12.9. The Kier molecular flexibility index (Phi) is 7.31. The van der Waals surface area contributed by atoms with E-state index in [0.29, 0.717) is 17.8 Å². The fourth-order valence-electron chi connectivity index (χ4n) is 10.1. The third-order valence-corrected chi connectivity index (χ3v) is 12.8. The maximum Gasteiger partial charge on any atom is 0.127 e. The Morgan fingerprint density at radius 2 is 1.18 bits per heavy atom. The van der Waals surface area contributed by atoms with E-state index in [2.05, 4.69) is 210 Å². The van der Waals surface area contributed by atoms with Crippen LogP contribution in [0, 0.1) is 5.92 Å². The average Bonchev–Trinajstić information content (AvgIpc) is 3.93. The summed E-state index contributed by atoms with van der Waals surface area (Å²) in [4.78, 5) is 2.56. The van der Waals surface area contributed by atoms with Gasteiger partial charge in [-0.1, -0.05) is 134 Å². The Balaban J connectivity index is 0.924. The molecule has 5 unspecified atom stereocenters. The van der Waals surface area contributed by atoms with Crippen molar-refractivity contribution >= 4 is 33.2 Å². The predicted octanol–water partition coefficient (Wildman–Crippen LogP) is 13.3. The van der Waals surface area contributed by atoms with E-state index in [1.807, 2.05) is 0 Å². The van der Waals surface area contributed by atoms with Crippen LogP contribution in [-0.2, 0) is 4.74 Å². The first kappa shape index (κ1) is 32.4. The Hall–Kier alpha value is -6.84. The Morgan fingerprint density at radius 3 is 1.98 bits per heavy atom. The lowest BCUT2D eigenvalue weighted by Crippen LogP contribution is -2.28. The Labute approximate surface area is 333 Å². The zero-order chi connectivity index (χ0) is 37.5. The number of anilines is 2. The molecule has 5 atom stereocenters. The van der Waals surface area contributed by atoms with Crippen molar-refractivity contribution in [2.24, 2.45) is 5.92 Å². The molecule has 6 aromatic carbocycles. The van der Waals surface area contributed by atoms with Crippen LogP contribution in [0.15, 0.2) is 212 Å². The number of ether oxygens (including phenoxy) is 1. The molecule has 0 bridgehead atoms. The molecule has 3 heteroatoms. The predicted molar refractivity (Wildman–Crippen MR) is 235 cm³/mol. The van der Waals surface area contributed by atoms with Gasteiger partial charge in [0.05, 0.1) is 17.1 Å². The molecular weight excluding hydrogens is 693 g/mol. The van der Waals surface area contributed by atoms with Gasteiger partial charge in [0.1, 0.15) is 11.9 Å². The van der Waals surface area contributed by atoms with Gasteiger partial charge in [-0.3, -0.25) is 0 Å². The van der Waals surface area contributed by atoms with Gasteiger partial charge in [-0.2, -0.15) is 0 Å². The number of fused-ring (bicyclic) bond motifs is 8. The van der Waals surface area contributed by atoms with E-state index in [0.717, 1.165) is 12.2 Å². The maximum atomic E-state index is 6.31. The molecule has 3 nitrogen and oxygen atoms in total. The molecule has 2 aliphatic heterocycles. The lowest BCUT2D eigenvalue weighted by atomic mass is 9.80. The van der Waals surface area contributed by atoms with Crippen LogP contribution in [0.4, 0.5) is 11.4 Å². The highest BCUT2D eigenvalue weighted by Crippen LogP contribution is 2.51. The van der Waals surface area contributed by atoms with E-state index in [-0.39, 0.29) is 12.1 Å². The summed E-state index contributed by atoms with van der Waals surface area (Å²) in [5.41, 5.74) is 15.2. The molecule has 0 radical (unpaired) electrons. The molecule has 57 heavy (non-hydrogen) atoms. The number of hydrogen-bond acceptors (Lipinski definition) is 2. The van der Waals surface area contributed by atoms with Gasteiger partial charge < -0.3 is 14.2 Å². The van der Waals surface area contributed by atoms with Crippen molar-refractivity contribution in [3.05, 3.63) is 223 Å². The van der Waals surface area contributed by atoms with Crippen LogP contribution in [0.2, 0.25) is 0 Å². The topological polar surface area (TPSA) is 17.4 Å². The van der Waals surface area contributed by atoms with Gasteiger partial charge in [-0.15, -0.1) is 0 Å². The fourth-order valence-corrected chi connectivity index (χ4v) is 10.1. The first-order valence-electron chi connectivity index (χ1n) is 20.3. The van der Waals surface area contributed by atoms with Gasteiger partial charge in [-0.25, -0.2) is 0 Å². The number of aromatic nitrogens is 1. The van der Waals surface area contributed by atoms with Crippen molar-refractivity contribution in [1.29, 1.82) is 0 Å². The normalized spacial score (nSPS) is 22.5. The molecule has 0 saturated heterocycles. The lowest BCUT2D eigenvalue weighted by Gasteiger charge is -2.29. The van der Waals surface area contributed by atoms with Crippen LogP contribution in [0.5, 0.6) is 0 Å². The number of rotatable bonds is 5. The van der Waals surface area contributed by atoms with Crippen LogP contribution >= 0.6 is 0 Å². The van der Waals surface area contributed by atoms with E-state index < -0.39 is 0 Å². The monoisotopic (exact) mass is 732 g/mol. The molecule has 0 spiro atoms. The summed E-state index contributed by atoms with van der Waals surface area (Å²) in [5, 5.41) is 2.51. The SMILES string of the molecule is C1=CC2OC3=C(CC(c4ccc5c(c4)C4C=CC=CC4N5c4cccc(-c5ccc6c(c5)c5cc(-c7ccccc7)ccc5n6-c5ccccc5)c4)C=C3)C2C=C1. The number of allylic oxidation sites excluding steroid dienone is 6. The maximum absolute atomic E-state index is 6.31. The first-order chi connectivity index (χ1) is 28.2. The van der Waals surface area contributed by atoms with Crippen LogP contribution in [0.3, 0.4) is 0 Å². The van der Waals surface area contributed by atoms with Gasteiger partial charge in [0, 0.05) is 45.6 Å². The summed E-state index contributed by atoms with van der Waals surface area (Å²) in [5.74, 6) is 2.05. The smallest absolute Gasteiger partial charge is 0.127 e. The molecule has 0 fully saturated rings. The Bertz CT molecular complexity index is 2940. The summed E-state index contributed by atoms with van der Waals surface area (Å²) in [6.45, 7) is 0. The summed E-state index contributed by atoms with van der Waals surface area (Å²) in [6, 6.07) is 51.9. The number of para-hydroxylation sites is 1. The fraction of sp³-hybridized carbons (Fsp3) is 0.111. The highest BCUT2D eigenvalue weighted by atomic mass is 16.5. The van der Waals surface area contributed by atoms with Gasteiger partial charge in [0.25, 0.3) is 0 Å². The summed E-state index contributed by atoms with van der Waals surface area (Å²) in [7, 11) is 0. The third kappa shape index (κ3) is 5.19. The van der Waals surface area contributed by atoms with E-state index in [1.54, 1.807) is 0 Å². The minimum atomic E-state index is 0.136. The van der Waals surface area contributed by atoms with Crippen LogP contribution < -0.4 is 4.90 Å². The molecule has 3 aliphatic carbocycles. The second-order valence-electron chi connectivity index (χ2n) is 16.0. The summed E-state index contributed by atoms with van der Waals surface area (Å²) < 4.78 is 8.72. The van der Waals surface area contributed by atoms with Crippen LogP contribution in [0.25, 0.3) is 49.7 Å². The number of nitrogens with zero attached hydrogens (tertiary/aromatic N) is 2. The standard InChI is InChI=1S/C54H40N2O/c1-3-12-35(13-4-1)37-22-26-51-46(31-37)47-33-38(23-28-52(47)55(51)41-15-5-2-6-16-41)36-14-11-17-42(30-36)56-49-20-9-7-18-43(49)45-32-39(24-27-50(45)56)40-25-29-54-48(34-40)44-19-8-10-21-53(44)57-54/h1-33,40,43-44,49,53H,34H2. The summed E-state index contributed by atoms with van der Waals surface area (Å²) >= 11 is 0. The second-order valence-corrected chi connectivity index (χ2v) is 16.0. The van der Waals surface area contributed by atoms with Crippen molar-refractivity contribution in [3.8, 4) is 27.9 Å². The molecular formula is C54H40N2O. The highest BCUT2D eigenvalue weighted by Gasteiger charge is 2.39. The molecule has 0 saturated carbocycles. The molecule has 12 rings (SSSR count). The van der Waals surface area contributed by atoms with Gasteiger partial charge in [0.2, 0.25) is 0 Å². The van der Waals surface area contributed by atoms with E-state index in [9.17, 15) is 0 Å². The van der Waals surface area contributed by atoms with E-state index >= 15 is 0 Å².